The summed E-state index contributed by atoms with van der Waals surface area (Å²) in [7, 11) is 5.75. The first-order chi connectivity index (χ1) is 10.4. The van der Waals surface area contributed by atoms with Crippen molar-refractivity contribution in [3.8, 4) is 0 Å². The Hall–Kier alpha value is -1.34. The summed E-state index contributed by atoms with van der Waals surface area (Å²) in [5.74, 6) is -0.0746. The Labute approximate surface area is 139 Å². The van der Waals surface area contributed by atoms with Crippen molar-refractivity contribution in [2.45, 2.75) is 18.9 Å². The predicted molar refractivity (Wildman–Crippen MR) is 86.7 cm³/mol. The molecule has 1 aliphatic heterocycles. The third-order valence-corrected chi connectivity index (χ3v) is 4.48. The van der Waals surface area contributed by atoms with Gasteiger partial charge < -0.3 is 19.1 Å². The highest BCUT2D eigenvalue weighted by Gasteiger charge is 2.26. The van der Waals surface area contributed by atoms with E-state index in [1.807, 2.05) is 4.90 Å². The number of likely N-dealkylation sites (N-methyl/N-ethyl adjacent to an activating group) is 1. The van der Waals surface area contributed by atoms with Crippen LogP contribution in [0.1, 0.15) is 23.4 Å². The lowest BCUT2D eigenvalue weighted by Crippen LogP contribution is -2.47. The van der Waals surface area contributed by atoms with Crippen molar-refractivity contribution in [2.24, 2.45) is 0 Å². The summed E-state index contributed by atoms with van der Waals surface area (Å²) in [5, 5.41) is 0. The molecule has 0 aromatic carbocycles. The molecule has 1 saturated heterocycles. The number of carbonyl (C=O) groups excluding carboxylic acids is 2. The summed E-state index contributed by atoms with van der Waals surface area (Å²) < 4.78 is 5.73. The van der Waals surface area contributed by atoms with Crippen LogP contribution in [0.15, 0.2) is 21.2 Å². The summed E-state index contributed by atoms with van der Waals surface area (Å²) in [6.07, 6.45) is 1.95. The molecule has 0 radical (unpaired) electrons. The average Bonchev–Trinajstić information content (AvgIpc) is 2.92. The third-order valence-electron chi connectivity index (χ3n) is 4.05. The molecule has 0 spiro atoms. The molecular formula is C15H22BrN3O3. The van der Waals surface area contributed by atoms with E-state index in [0.717, 1.165) is 25.9 Å². The minimum atomic E-state index is -0.290. The molecule has 2 rings (SSSR count). The molecule has 1 aliphatic rings. The first-order valence-corrected chi connectivity index (χ1v) is 8.12. The van der Waals surface area contributed by atoms with Crippen LogP contribution < -0.4 is 0 Å². The van der Waals surface area contributed by atoms with Gasteiger partial charge in [0.05, 0.1) is 6.54 Å². The van der Waals surface area contributed by atoms with Crippen LogP contribution in [0.5, 0.6) is 0 Å². The van der Waals surface area contributed by atoms with E-state index in [0.29, 0.717) is 10.7 Å². The fourth-order valence-electron chi connectivity index (χ4n) is 2.62. The molecule has 0 aliphatic carbocycles. The summed E-state index contributed by atoms with van der Waals surface area (Å²) in [4.78, 5) is 29.9. The van der Waals surface area contributed by atoms with Gasteiger partial charge in [0.1, 0.15) is 0 Å². The molecule has 1 aromatic heterocycles. The quantitative estimate of drug-likeness (QED) is 0.807. The zero-order valence-electron chi connectivity index (χ0n) is 13.2. The highest BCUT2D eigenvalue weighted by atomic mass is 79.9. The normalized spacial score (nSPS) is 16.1. The molecule has 7 heteroatoms. The van der Waals surface area contributed by atoms with Gasteiger partial charge in [-0.05, 0) is 55.0 Å². The summed E-state index contributed by atoms with van der Waals surface area (Å²) >= 11 is 3.16. The second-order valence-electron chi connectivity index (χ2n) is 5.84. The van der Waals surface area contributed by atoms with Crippen LogP contribution in [0, 0.1) is 0 Å². The van der Waals surface area contributed by atoms with Gasteiger partial charge in [-0.2, -0.15) is 0 Å². The van der Waals surface area contributed by atoms with E-state index in [4.69, 9.17) is 4.42 Å². The molecule has 0 saturated carbocycles. The molecule has 1 aromatic rings. The zero-order valence-corrected chi connectivity index (χ0v) is 14.8. The highest BCUT2D eigenvalue weighted by Crippen LogP contribution is 2.17. The van der Waals surface area contributed by atoms with E-state index in [2.05, 4.69) is 34.9 Å². The van der Waals surface area contributed by atoms with E-state index in [1.165, 1.54) is 4.90 Å². The number of rotatable bonds is 4. The van der Waals surface area contributed by atoms with Crippen LogP contribution in [0.4, 0.5) is 0 Å². The van der Waals surface area contributed by atoms with Crippen molar-refractivity contribution in [1.82, 2.24) is 14.7 Å². The standard InChI is InChI=1S/C15H22BrN3O3/c1-17(2)11-6-8-19(9-7-11)14(20)10-18(3)15(21)12-4-5-13(16)22-12/h4-5,11H,6-10H2,1-3H3. The van der Waals surface area contributed by atoms with Crippen LogP contribution in [-0.2, 0) is 4.79 Å². The molecular weight excluding hydrogens is 350 g/mol. The Morgan fingerprint density at radius 3 is 2.41 bits per heavy atom. The van der Waals surface area contributed by atoms with Crippen LogP contribution >= 0.6 is 15.9 Å². The molecule has 2 amide bonds. The van der Waals surface area contributed by atoms with Crippen LogP contribution in [0.3, 0.4) is 0 Å². The largest absolute Gasteiger partial charge is 0.444 e. The number of nitrogens with zero attached hydrogens (tertiary/aromatic N) is 3. The summed E-state index contributed by atoms with van der Waals surface area (Å²) in [5.41, 5.74) is 0. The second kappa shape index (κ2) is 7.28. The number of furan rings is 1. The van der Waals surface area contributed by atoms with Gasteiger partial charge in [-0.3, -0.25) is 9.59 Å². The van der Waals surface area contributed by atoms with Gasteiger partial charge in [0.15, 0.2) is 10.4 Å². The lowest BCUT2D eigenvalue weighted by Gasteiger charge is -2.35. The first kappa shape index (κ1) is 17.0. The number of carbonyl (C=O) groups is 2. The van der Waals surface area contributed by atoms with Crippen molar-refractivity contribution in [1.29, 1.82) is 0 Å². The lowest BCUT2D eigenvalue weighted by atomic mass is 10.0. The van der Waals surface area contributed by atoms with Gasteiger partial charge in [0.25, 0.3) is 5.91 Å². The van der Waals surface area contributed by atoms with E-state index in [1.54, 1.807) is 19.2 Å². The number of likely N-dealkylation sites (tertiary alicyclic amines) is 1. The maximum Gasteiger partial charge on any atom is 0.289 e. The fourth-order valence-corrected chi connectivity index (χ4v) is 2.93. The number of hydrogen-bond donors (Lipinski definition) is 0. The van der Waals surface area contributed by atoms with Gasteiger partial charge in [-0.25, -0.2) is 0 Å². The molecule has 6 nitrogen and oxygen atoms in total. The first-order valence-electron chi connectivity index (χ1n) is 7.33. The topological polar surface area (TPSA) is 57.0 Å². The van der Waals surface area contributed by atoms with Crippen molar-refractivity contribution in [2.75, 3.05) is 40.8 Å². The maximum absolute atomic E-state index is 12.3. The SMILES string of the molecule is CN(CC(=O)N1CCC(N(C)C)CC1)C(=O)c1ccc(Br)o1. The van der Waals surface area contributed by atoms with E-state index >= 15 is 0 Å². The van der Waals surface area contributed by atoms with E-state index in [-0.39, 0.29) is 24.1 Å². The van der Waals surface area contributed by atoms with E-state index < -0.39 is 0 Å². The number of amides is 2. The summed E-state index contributed by atoms with van der Waals surface area (Å²) in [6, 6.07) is 3.79. The number of hydrogen-bond acceptors (Lipinski definition) is 4. The Balaban J connectivity index is 1.85. The van der Waals surface area contributed by atoms with Gasteiger partial charge >= 0.3 is 0 Å². The Kier molecular flexibility index (Phi) is 5.63. The third kappa shape index (κ3) is 4.10. The second-order valence-corrected chi connectivity index (χ2v) is 6.62. The van der Waals surface area contributed by atoms with Gasteiger partial charge in [0.2, 0.25) is 5.91 Å². The Bertz CT molecular complexity index is 536. The van der Waals surface area contributed by atoms with Gasteiger partial charge in [0, 0.05) is 26.2 Å². The average molecular weight is 372 g/mol. The van der Waals surface area contributed by atoms with Crippen molar-refractivity contribution in [3.63, 3.8) is 0 Å². The molecule has 0 unspecified atom stereocenters. The fraction of sp³-hybridized carbons (Fsp3) is 0.600. The van der Waals surface area contributed by atoms with Crippen LogP contribution in [0.25, 0.3) is 0 Å². The summed E-state index contributed by atoms with van der Waals surface area (Å²) in [6.45, 7) is 1.57. The molecule has 0 atom stereocenters. The molecule has 0 N–H and O–H groups in total. The minimum Gasteiger partial charge on any atom is -0.444 e. The zero-order chi connectivity index (χ0) is 16.3. The molecule has 22 heavy (non-hydrogen) atoms. The number of halogens is 1. The Morgan fingerprint density at radius 1 is 1.27 bits per heavy atom. The lowest BCUT2D eigenvalue weighted by molar-refractivity contribution is -0.133. The van der Waals surface area contributed by atoms with Crippen molar-refractivity contribution in [3.05, 3.63) is 22.6 Å². The highest BCUT2D eigenvalue weighted by molar-refractivity contribution is 9.10. The van der Waals surface area contributed by atoms with Crippen molar-refractivity contribution >= 4 is 27.7 Å². The van der Waals surface area contributed by atoms with Crippen LogP contribution in [0.2, 0.25) is 0 Å². The monoisotopic (exact) mass is 371 g/mol. The minimum absolute atomic E-state index is 0.0151. The molecule has 2 heterocycles. The van der Waals surface area contributed by atoms with Gasteiger partial charge in [-0.1, -0.05) is 0 Å². The maximum atomic E-state index is 12.3. The Morgan fingerprint density at radius 2 is 1.91 bits per heavy atom. The molecule has 122 valence electrons. The number of piperidine rings is 1. The molecule has 1 fully saturated rings. The van der Waals surface area contributed by atoms with E-state index in [9.17, 15) is 9.59 Å². The molecule has 0 bridgehead atoms. The van der Waals surface area contributed by atoms with Crippen molar-refractivity contribution < 1.29 is 14.0 Å². The smallest absolute Gasteiger partial charge is 0.289 e. The van der Waals surface area contributed by atoms with Crippen LogP contribution in [-0.4, -0.2) is 73.3 Å². The van der Waals surface area contributed by atoms with Gasteiger partial charge in [-0.15, -0.1) is 0 Å². The predicted octanol–water partition coefficient (Wildman–Crippen LogP) is 1.67.